The van der Waals surface area contributed by atoms with E-state index in [4.69, 9.17) is 5.73 Å². The van der Waals surface area contributed by atoms with Crippen LogP contribution in [0.3, 0.4) is 0 Å². The maximum Gasteiger partial charge on any atom is 0.236 e. The van der Waals surface area contributed by atoms with Crippen molar-refractivity contribution in [2.45, 2.75) is 50.8 Å². The van der Waals surface area contributed by atoms with Crippen molar-refractivity contribution in [3.8, 4) is 0 Å². The highest BCUT2D eigenvalue weighted by atomic mass is 32.2. The van der Waals surface area contributed by atoms with Crippen LogP contribution in [0.5, 0.6) is 0 Å². The van der Waals surface area contributed by atoms with Gasteiger partial charge in [-0.1, -0.05) is 20.8 Å². The Balaban J connectivity index is 4.16. The standard InChI is InChI=1S/C11H24N2OS/c1-5-9(12)10(14)13-8-11(6-2,7-3)15-4/h9H,5-8,12H2,1-4H3,(H,13,14)/t9-/m1/s1. The largest absolute Gasteiger partial charge is 0.353 e. The summed E-state index contributed by atoms with van der Waals surface area (Å²) >= 11 is 1.82. The van der Waals surface area contributed by atoms with Crippen LogP contribution < -0.4 is 11.1 Å². The van der Waals surface area contributed by atoms with Gasteiger partial charge in [-0.2, -0.15) is 11.8 Å². The number of hydrogen-bond acceptors (Lipinski definition) is 3. The molecular weight excluding hydrogens is 208 g/mol. The highest BCUT2D eigenvalue weighted by Crippen LogP contribution is 2.29. The Labute approximate surface area is 97.6 Å². The molecule has 0 aromatic carbocycles. The number of amides is 1. The number of nitrogens with two attached hydrogens (primary N) is 1. The zero-order valence-corrected chi connectivity index (χ0v) is 11.1. The van der Waals surface area contributed by atoms with Crippen LogP contribution in [0.4, 0.5) is 0 Å². The van der Waals surface area contributed by atoms with Crippen LogP contribution in [0.1, 0.15) is 40.0 Å². The summed E-state index contributed by atoms with van der Waals surface area (Å²) in [6.07, 6.45) is 4.91. The molecule has 4 heteroatoms. The molecule has 0 aliphatic rings. The van der Waals surface area contributed by atoms with E-state index < -0.39 is 0 Å². The van der Waals surface area contributed by atoms with Crippen LogP contribution in [0, 0.1) is 0 Å². The lowest BCUT2D eigenvalue weighted by Gasteiger charge is -2.30. The van der Waals surface area contributed by atoms with E-state index in [-0.39, 0.29) is 16.7 Å². The van der Waals surface area contributed by atoms with Crippen LogP contribution in [0.15, 0.2) is 0 Å². The molecule has 0 saturated heterocycles. The lowest BCUT2D eigenvalue weighted by Crippen LogP contribution is -2.46. The van der Waals surface area contributed by atoms with Gasteiger partial charge in [-0.25, -0.2) is 0 Å². The fraction of sp³-hybridized carbons (Fsp3) is 0.909. The van der Waals surface area contributed by atoms with Crippen molar-refractivity contribution in [3.05, 3.63) is 0 Å². The maximum atomic E-state index is 11.5. The number of hydrogen-bond donors (Lipinski definition) is 2. The Morgan fingerprint density at radius 2 is 1.93 bits per heavy atom. The molecule has 0 fully saturated rings. The minimum absolute atomic E-state index is 0.0298. The quantitative estimate of drug-likeness (QED) is 0.703. The molecule has 0 heterocycles. The molecule has 15 heavy (non-hydrogen) atoms. The molecular formula is C11H24N2OS. The SMILES string of the molecule is CC[C@@H](N)C(=O)NCC(CC)(CC)SC. The lowest BCUT2D eigenvalue weighted by atomic mass is 10.0. The first-order valence-corrected chi connectivity index (χ1v) is 6.86. The Morgan fingerprint density at radius 3 is 2.27 bits per heavy atom. The highest BCUT2D eigenvalue weighted by Gasteiger charge is 2.26. The van der Waals surface area contributed by atoms with Gasteiger partial charge in [0.05, 0.1) is 6.04 Å². The third-order valence-electron chi connectivity index (χ3n) is 3.08. The second kappa shape index (κ2) is 7.12. The van der Waals surface area contributed by atoms with Gasteiger partial charge < -0.3 is 11.1 Å². The van der Waals surface area contributed by atoms with Gasteiger partial charge in [0, 0.05) is 11.3 Å². The van der Waals surface area contributed by atoms with E-state index in [0.29, 0.717) is 13.0 Å². The summed E-state index contributed by atoms with van der Waals surface area (Å²) in [5, 5.41) is 2.94. The van der Waals surface area contributed by atoms with E-state index in [1.165, 1.54) is 0 Å². The molecule has 0 aromatic rings. The van der Waals surface area contributed by atoms with Crippen LogP contribution in [0.25, 0.3) is 0 Å². The van der Waals surface area contributed by atoms with Crippen LogP contribution >= 0.6 is 11.8 Å². The Morgan fingerprint density at radius 1 is 1.40 bits per heavy atom. The van der Waals surface area contributed by atoms with E-state index >= 15 is 0 Å². The van der Waals surface area contributed by atoms with Crippen molar-refractivity contribution < 1.29 is 4.79 Å². The third kappa shape index (κ3) is 4.43. The Bertz CT molecular complexity index is 185. The fourth-order valence-corrected chi connectivity index (χ4v) is 2.22. The molecule has 0 unspecified atom stereocenters. The number of nitrogens with one attached hydrogen (secondary N) is 1. The summed E-state index contributed by atoms with van der Waals surface area (Å²) < 4.78 is 0.170. The topological polar surface area (TPSA) is 55.1 Å². The molecule has 0 rings (SSSR count). The highest BCUT2D eigenvalue weighted by molar-refractivity contribution is 8.00. The monoisotopic (exact) mass is 232 g/mol. The van der Waals surface area contributed by atoms with Crippen molar-refractivity contribution in [1.29, 1.82) is 0 Å². The summed E-state index contributed by atoms with van der Waals surface area (Å²) in [7, 11) is 0. The minimum atomic E-state index is -0.363. The van der Waals surface area contributed by atoms with Crippen LogP contribution in [-0.4, -0.2) is 29.5 Å². The van der Waals surface area contributed by atoms with Gasteiger partial charge in [0.2, 0.25) is 5.91 Å². The van der Waals surface area contributed by atoms with Crippen LogP contribution in [0.2, 0.25) is 0 Å². The van der Waals surface area contributed by atoms with Gasteiger partial charge in [0.25, 0.3) is 0 Å². The maximum absolute atomic E-state index is 11.5. The van der Waals surface area contributed by atoms with E-state index in [2.05, 4.69) is 25.4 Å². The molecule has 0 spiro atoms. The molecule has 0 aliphatic heterocycles. The molecule has 0 radical (unpaired) electrons. The molecule has 0 bridgehead atoms. The number of rotatable bonds is 7. The second-order valence-electron chi connectivity index (χ2n) is 3.83. The van der Waals surface area contributed by atoms with Crippen molar-refractivity contribution in [2.75, 3.05) is 12.8 Å². The van der Waals surface area contributed by atoms with E-state index in [9.17, 15) is 4.79 Å². The molecule has 1 atom stereocenters. The number of carbonyl (C=O) groups is 1. The molecule has 3 nitrogen and oxygen atoms in total. The summed E-state index contributed by atoms with van der Waals surface area (Å²) in [5.41, 5.74) is 5.65. The molecule has 0 saturated carbocycles. The zero-order chi connectivity index (χ0) is 11.9. The van der Waals surface area contributed by atoms with Gasteiger partial charge in [0.1, 0.15) is 0 Å². The van der Waals surface area contributed by atoms with Gasteiger partial charge in [-0.3, -0.25) is 4.79 Å². The first-order chi connectivity index (χ1) is 7.05. The summed E-state index contributed by atoms with van der Waals surface area (Å²) in [6.45, 7) is 6.96. The smallest absolute Gasteiger partial charge is 0.236 e. The second-order valence-corrected chi connectivity index (χ2v) is 5.10. The van der Waals surface area contributed by atoms with E-state index in [1.807, 2.05) is 18.7 Å². The van der Waals surface area contributed by atoms with Crippen LogP contribution in [-0.2, 0) is 4.79 Å². The van der Waals surface area contributed by atoms with Gasteiger partial charge in [-0.05, 0) is 25.5 Å². The predicted octanol–water partition coefficient (Wildman–Crippen LogP) is 1.76. The van der Waals surface area contributed by atoms with Gasteiger partial charge in [-0.15, -0.1) is 0 Å². The minimum Gasteiger partial charge on any atom is -0.353 e. The van der Waals surface area contributed by atoms with E-state index in [1.54, 1.807) is 0 Å². The summed E-state index contributed by atoms with van der Waals surface area (Å²) in [6, 6.07) is -0.363. The number of carbonyl (C=O) groups excluding carboxylic acids is 1. The van der Waals surface area contributed by atoms with Crippen molar-refractivity contribution >= 4 is 17.7 Å². The average molecular weight is 232 g/mol. The zero-order valence-electron chi connectivity index (χ0n) is 10.3. The van der Waals surface area contributed by atoms with Crippen molar-refractivity contribution in [3.63, 3.8) is 0 Å². The molecule has 3 N–H and O–H groups in total. The fourth-order valence-electron chi connectivity index (χ4n) is 1.43. The van der Waals surface area contributed by atoms with E-state index in [0.717, 1.165) is 12.8 Å². The van der Waals surface area contributed by atoms with Gasteiger partial charge in [0.15, 0.2) is 0 Å². The Hall–Kier alpha value is -0.220. The van der Waals surface area contributed by atoms with Gasteiger partial charge >= 0.3 is 0 Å². The molecule has 1 amide bonds. The normalized spacial score (nSPS) is 13.7. The third-order valence-corrected chi connectivity index (χ3v) is 4.67. The number of thioether (sulfide) groups is 1. The summed E-state index contributed by atoms with van der Waals surface area (Å²) in [5.74, 6) is -0.0298. The van der Waals surface area contributed by atoms with Crippen molar-refractivity contribution in [1.82, 2.24) is 5.32 Å². The first kappa shape index (κ1) is 14.8. The molecule has 0 aliphatic carbocycles. The predicted molar refractivity (Wildman–Crippen MR) is 68.1 cm³/mol. The van der Waals surface area contributed by atoms with Crippen molar-refractivity contribution in [2.24, 2.45) is 5.73 Å². The average Bonchev–Trinajstić information content (AvgIpc) is 2.30. The molecule has 90 valence electrons. The molecule has 0 aromatic heterocycles. The summed E-state index contributed by atoms with van der Waals surface area (Å²) in [4.78, 5) is 11.5. The lowest BCUT2D eigenvalue weighted by molar-refractivity contribution is -0.122. The Kier molecular flexibility index (Phi) is 7.02. The first-order valence-electron chi connectivity index (χ1n) is 5.63.